The van der Waals surface area contributed by atoms with Gasteiger partial charge in [-0.25, -0.2) is 8.42 Å². The van der Waals surface area contributed by atoms with Crippen molar-refractivity contribution in [2.24, 2.45) is 5.92 Å². The van der Waals surface area contributed by atoms with Crippen LogP contribution >= 0.6 is 0 Å². The molecule has 2 bridgehead atoms. The minimum atomic E-state index is -4.03. The molecule has 0 amide bonds. The normalized spacial score (nSPS) is 25.6. The van der Waals surface area contributed by atoms with Crippen LogP contribution in [0.2, 0.25) is 0 Å². The van der Waals surface area contributed by atoms with Gasteiger partial charge in [0.05, 0.1) is 21.7 Å². The number of pyridine rings is 1. The second kappa shape index (κ2) is 5.71. The highest BCUT2D eigenvalue weighted by Crippen LogP contribution is 2.46. The standard InChI is InChI=1S/C16H15N3O6S/c20-16(21)11-8-9-3-4-12(11)18(9)26(24,25)14-6-5-13(19(22)23)10-2-1-7-17-15(10)14/h1-2,5-7,9,11-12H,3-4,8H2,(H,20,21). The maximum Gasteiger partial charge on any atom is 0.308 e. The van der Waals surface area contributed by atoms with E-state index in [1.807, 2.05) is 0 Å². The molecule has 1 aromatic heterocycles. The Kier molecular flexibility index (Phi) is 3.70. The van der Waals surface area contributed by atoms with E-state index in [-0.39, 0.29) is 33.9 Å². The zero-order valence-electron chi connectivity index (χ0n) is 13.5. The van der Waals surface area contributed by atoms with Crippen LogP contribution in [0.25, 0.3) is 10.9 Å². The number of rotatable bonds is 4. The lowest BCUT2D eigenvalue weighted by atomic mass is 9.89. The highest BCUT2D eigenvalue weighted by atomic mass is 32.2. The molecule has 4 rings (SSSR count). The molecule has 3 heterocycles. The van der Waals surface area contributed by atoms with Gasteiger partial charge in [0.15, 0.2) is 0 Å². The topological polar surface area (TPSA) is 131 Å². The summed E-state index contributed by atoms with van der Waals surface area (Å²) < 4.78 is 27.8. The van der Waals surface area contributed by atoms with Gasteiger partial charge in [-0.2, -0.15) is 4.31 Å². The number of nitro benzene ring substituents is 1. The SMILES string of the molecule is O=C(O)C1CC2CCC1N2S(=O)(=O)c1ccc([N+](=O)[O-])c2cccnc12. The van der Waals surface area contributed by atoms with Crippen LogP contribution in [0.4, 0.5) is 5.69 Å². The number of benzene rings is 1. The van der Waals surface area contributed by atoms with Crippen LogP contribution in [0.3, 0.4) is 0 Å². The zero-order chi connectivity index (χ0) is 18.6. The van der Waals surface area contributed by atoms with E-state index in [2.05, 4.69) is 4.98 Å². The quantitative estimate of drug-likeness (QED) is 0.634. The van der Waals surface area contributed by atoms with Gasteiger partial charge >= 0.3 is 5.97 Å². The van der Waals surface area contributed by atoms with Crippen molar-refractivity contribution in [1.29, 1.82) is 0 Å². The van der Waals surface area contributed by atoms with Gasteiger partial charge in [0.25, 0.3) is 5.69 Å². The van der Waals surface area contributed by atoms with Gasteiger partial charge in [-0.3, -0.25) is 19.9 Å². The van der Waals surface area contributed by atoms with E-state index in [9.17, 15) is 28.4 Å². The molecule has 2 aliphatic heterocycles. The number of carbonyl (C=O) groups is 1. The molecular formula is C16H15N3O6S. The maximum atomic E-state index is 13.3. The van der Waals surface area contributed by atoms with E-state index in [0.29, 0.717) is 12.8 Å². The Morgan fingerprint density at radius 3 is 2.73 bits per heavy atom. The van der Waals surface area contributed by atoms with Gasteiger partial charge in [-0.15, -0.1) is 0 Å². The minimum absolute atomic E-state index is 0.0277. The number of carboxylic acids is 1. The van der Waals surface area contributed by atoms with Crippen molar-refractivity contribution in [2.45, 2.75) is 36.2 Å². The van der Waals surface area contributed by atoms with Crippen LogP contribution in [0.5, 0.6) is 0 Å². The summed E-state index contributed by atoms with van der Waals surface area (Å²) in [5.41, 5.74) is -0.195. The Bertz CT molecular complexity index is 1040. The number of aliphatic carboxylic acids is 1. The molecule has 0 aliphatic carbocycles. The maximum absolute atomic E-state index is 13.3. The number of carboxylic acid groups (broad SMARTS) is 1. The molecular weight excluding hydrogens is 362 g/mol. The first kappa shape index (κ1) is 16.9. The first-order valence-corrected chi connectivity index (χ1v) is 9.55. The lowest BCUT2D eigenvalue weighted by molar-refractivity contribution is -0.383. The molecule has 9 nitrogen and oxygen atoms in total. The monoisotopic (exact) mass is 377 g/mol. The second-order valence-corrected chi connectivity index (χ2v) is 8.37. The number of sulfonamides is 1. The second-order valence-electron chi connectivity index (χ2n) is 6.55. The van der Waals surface area contributed by atoms with Gasteiger partial charge in [-0.1, -0.05) is 0 Å². The third-order valence-electron chi connectivity index (χ3n) is 5.25. The van der Waals surface area contributed by atoms with Crippen LogP contribution in [0.15, 0.2) is 35.4 Å². The number of aromatic nitrogens is 1. The van der Waals surface area contributed by atoms with E-state index >= 15 is 0 Å². The zero-order valence-corrected chi connectivity index (χ0v) is 14.3. The molecule has 0 radical (unpaired) electrons. The Balaban J connectivity index is 1.87. The van der Waals surface area contributed by atoms with Crippen LogP contribution in [-0.2, 0) is 14.8 Å². The molecule has 1 N–H and O–H groups in total. The van der Waals surface area contributed by atoms with E-state index in [0.717, 1.165) is 6.07 Å². The number of hydrogen-bond donors (Lipinski definition) is 1. The Hall–Kier alpha value is -2.59. The molecule has 10 heteroatoms. The molecule has 3 atom stereocenters. The first-order valence-electron chi connectivity index (χ1n) is 8.11. The Labute approximate surface area is 148 Å². The van der Waals surface area contributed by atoms with E-state index < -0.39 is 32.9 Å². The van der Waals surface area contributed by atoms with Crippen molar-refractivity contribution < 1.29 is 23.2 Å². The smallest absolute Gasteiger partial charge is 0.308 e. The van der Waals surface area contributed by atoms with E-state index in [1.165, 1.54) is 28.7 Å². The predicted molar refractivity (Wildman–Crippen MR) is 90.0 cm³/mol. The average Bonchev–Trinajstić information content (AvgIpc) is 3.19. The molecule has 1 aromatic carbocycles. The molecule has 136 valence electrons. The molecule has 2 fully saturated rings. The van der Waals surface area contributed by atoms with Gasteiger partial charge in [-0.05, 0) is 37.5 Å². The number of fused-ring (bicyclic) bond motifs is 3. The van der Waals surface area contributed by atoms with Crippen LogP contribution in [0.1, 0.15) is 19.3 Å². The predicted octanol–water partition coefficient (Wildman–Crippen LogP) is 1.77. The summed E-state index contributed by atoms with van der Waals surface area (Å²) in [6.07, 6.45) is 2.78. The number of nitrogens with zero attached hydrogens (tertiary/aromatic N) is 3. The Morgan fingerprint density at radius 1 is 1.31 bits per heavy atom. The summed E-state index contributed by atoms with van der Waals surface area (Å²) in [5, 5.41) is 20.7. The summed E-state index contributed by atoms with van der Waals surface area (Å²) in [7, 11) is -4.03. The fourth-order valence-electron chi connectivity index (χ4n) is 4.19. The number of nitro groups is 1. The highest BCUT2D eigenvalue weighted by Gasteiger charge is 2.54. The van der Waals surface area contributed by atoms with E-state index in [1.54, 1.807) is 0 Å². The largest absolute Gasteiger partial charge is 0.481 e. The number of non-ortho nitro benzene ring substituents is 1. The first-order chi connectivity index (χ1) is 12.3. The van der Waals surface area contributed by atoms with E-state index in [4.69, 9.17) is 0 Å². The molecule has 3 unspecified atom stereocenters. The highest BCUT2D eigenvalue weighted by molar-refractivity contribution is 7.89. The third kappa shape index (κ3) is 2.29. The summed E-state index contributed by atoms with van der Waals surface area (Å²) in [6, 6.07) is 4.36. The van der Waals surface area contributed by atoms with Crippen molar-refractivity contribution in [3.05, 3.63) is 40.6 Å². The van der Waals surface area contributed by atoms with Gasteiger partial charge in [0, 0.05) is 24.3 Å². The lowest BCUT2D eigenvalue weighted by Gasteiger charge is -2.23. The summed E-state index contributed by atoms with van der Waals surface area (Å²) in [6.45, 7) is 0. The van der Waals surface area contributed by atoms with Gasteiger partial charge in [0.2, 0.25) is 10.0 Å². The average molecular weight is 377 g/mol. The van der Waals surface area contributed by atoms with Crippen molar-refractivity contribution in [3.8, 4) is 0 Å². The third-order valence-corrected chi connectivity index (χ3v) is 7.26. The molecule has 2 aromatic rings. The minimum Gasteiger partial charge on any atom is -0.481 e. The van der Waals surface area contributed by atoms with Crippen LogP contribution in [-0.4, -0.2) is 45.8 Å². The molecule has 26 heavy (non-hydrogen) atoms. The summed E-state index contributed by atoms with van der Waals surface area (Å²) >= 11 is 0. The van der Waals surface area contributed by atoms with Crippen molar-refractivity contribution in [2.75, 3.05) is 0 Å². The fourth-order valence-corrected chi connectivity index (χ4v) is 6.26. The van der Waals surface area contributed by atoms with Gasteiger partial charge in [0.1, 0.15) is 4.90 Å². The Morgan fingerprint density at radius 2 is 2.08 bits per heavy atom. The summed E-state index contributed by atoms with van der Waals surface area (Å²) in [5.74, 6) is -1.72. The van der Waals surface area contributed by atoms with Crippen molar-refractivity contribution >= 4 is 32.6 Å². The molecule has 0 spiro atoms. The van der Waals surface area contributed by atoms with Crippen LogP contribution in [0, 0.1) is 16.0 Å². The van der Waals surface area contributed by atoms with Crippen LogP contribution < -0.4 is 0 Å². The van der Waals surface area contributed by atoms with Crippen molar-refractivity contribution in [3.63, 3.8) is 0 Å². The van der Waals surface area contributed by atoms with Gasteiger partial charge < -0.3 is 5.11 Å². The lowest BCUT2D eigenvalue weighted by Crippen LogP contribution is -2.38. The molecule has 2 saturated heterocycles. The number of hydrogen-bond acceptors (Lipinski definition) is 6. The van der Waals surface area contributed by atoms with Crippen molar-refractivity contribution in [1.82, 2.24) is 9.29 Å². The molecule has 2 aliphatic rings. The molecule has 0 saturated carbocycles. The summed E-state index contributed by atoms with van der Waals surface area (Å²) in [4.78, 5) is 26.0. The fraction of sp³-hybridized carbons (Fsp3) is 0.375.